The summed E-state index contributed by atoms with van der Waals surface area (Å²) in [6.45, 7) is 2.44. The number of benzene rings is 1. The van der Waals surface area contributed by atoms with Gasteiger partial charge < -0.3 is 14.6 Å². The summed E-state index contributed by atoms with van der Waals surface area (Å²) < 4.78 is 13.0. The van der Waals surface area contributed by atoms with Gasteiger partial charge in [-0.15, -0.1) is 0 Å². The highest BCUT2D eigenvalue weighted by molar-refractivity contribution is 6.29. The molecule has 1 aromatic carbocycles. The van der Waals surface area contributed by atoms with Crippen LogP contribution in [0.2, 0.25) is 5.15 Å². The van der Waals surface area contributed by atoms with Gasteiger partial charge in [-0.1, -0.05) is 23.7 Å². The quantitative estimate of drug-likeness (QED) is 0.757. The number of hydrogen-bond donors (Lipinski definition) is 1. The van der Waals surface area contributed by atoms with Crippen molar-refractivity contribution in [1.82, 2.24) is 14.6 Å². The van der Waals surface area contributed by atoms with Gasteiger partial charge in [-0.3, -0.25) is 0 Å². The molecular formula is C19H20ClN3O3. The molecule has 1 aliphatic heterocycles. The molecule has 2 atom stereocenters. The predicted octanol–water partition coefficient (Wildman–Crippen LogP) is 3.54. The van der Waals surface area contributed by atoms with Crippen molar-refractivity contribution in [2.45, 2.75) is 38.1 Å². The van der Waals surface area contributed by atoms with Crippen molar-refractivity contribution >= 4 is 17.2 Å². The third-order valence-electron chi connectivity index (χ3n) is 4.65. The minimum absolute atomic E-state index is 0.194. The Labute approximate surface area is 156 Å². The largest absolute Gasteiger partial charge is 0.465 e. The van der Waals surface area contributed by atoms with Crippen molar-refractivity contribution < 1.29 is 14.6 Å². The molecule has 2 unspecified atom stereocenters. The van der Waals surface area contributed by atoms with Gasteiger partial charge in [-0.05, 0) is 49.6 Å². The summed E-state index contributed by atoms with van der Waals surface area (Å²) in [5.41, 5.74) is 0.591. The predicted molar refractivity (Wildman–Crippen MR) is 97.3 cm³/mol. The van der Waals surface area contributed by atoms with E-state index in [1.54, 1.807) is 29.8 Å². The minimum Gasteiger partial charge on any atom is -0.465 e. The normalized spacial score (nSPS) is 20.0. The number of nitrogens with zero attached hydrogens (tertiary/aromatic N) is 3. The lowest BCUT2D eigenvalue weighted by atomic mass is 9.93. The number of rotatable bonds is 4. The maximum atomic E-state index is 11.1. The van der Waals surface area contributed by atoms with Crippen LogP contribution in [0.3, 0.4) is 0 Å². The third kappa shape index (κ3) is 3.28. The van der Waals surface area contributed by atoms with E-state index < -0.39 is 5.60 Å². The van der Waals surface area contributed by atoms with Gasteiger partial charge >= 0.3 is 0 Å². The molecule has 6 nitrogen and oxygen atoms in total. The van der Waals surface area contributed by atoms with E-state index in [4.69, 9.17) is 21.1 Å². The van der Waals surface area contributed by atoms with Crippen molar-refractivity contribution in [2.75, 3.05) is 6.61 Å². The molecule has 0 saturated carbocycles. The Balaban J connectivity index is 1.59. The minimum atomic E-state index is -1.28. The molecule has 0 aliphatic carbocycles. The van der Waals surface area contributed by atoms with Gasteiger partial charge in [0.1, 0.15) is 16.5 Å². The van der Waals surface area contributed by atoms with Gasteiger partial charge in [0.05, 0.1) is 18.5 Å². The standard InChI is InChI=1S/C19H20ClN3O3/c1-19(24,15-12-21-17-10-9-16(20)22-23(15)17)13-5-7-14(8-6-13)26-18-4-2-3-11-25-18/h5-10,12,18,24H,2-4,11H2,1H3. The van der Waals surface area contributed by atoms with Gasteiger partial charge in [-0.2, -0.15) is 5.10 Å². The number of halogens is 1. The zero-order valence-corrected chi connectivity index (χ0v) is 15.2. The van der Waals surface area contributed by atoms with Crippen LogP contribution in [-0.4, -0.2) is 32.6 Å². The van der Waals surface area contributed by atoms with Crippen LogP contribution >= 0.6 is 11.6 Å². The average Bonchev–Trinajstić information content (AvgIpc) is 3.07. The van der Waals surface area contributed by atoms with E-state index in [-0.39, 0.29) is 6.29 Å². The van der Waals surface area contributed by atoms with Crippen LogP contribution in [-0.2, 0) is 10.3 Å². The lowest BCUT2D eigenvalue weighted by Gasteiger charge is -2.25. The second-order valence-electron chi connectivity index (χ2n) is 6.58. The Morgan fingerprint density at radius 2 is 2.04 bits per heavy atom. The van der Waals surface area contributed by atoms with Crippen molar-refractivity contribution in [1.29, 1.82) is 0 Å². The summed E-state index contributed by atoms with van der Waals surface area (Å²) in [5, 5.41) is 15.7. The highest BCUT2D eigenvalue weighted by Gasteiger charge is 2.30. The van der Waals surface area contributed by atoms with Crippen molar-refractivity contribution in [3.63, 3.8) is 0 Å². The molecule has 136 valence electrons. The maximum absolute atomic E-state index is 11.1. The Kier molecular flexibility index (Phi) is 4.56. The molecule has 0 bridgehead atoms. The molecule has 2 aromatic heterocycles. The van der Waals surface area contributed by atoms with Gasteiger partial charge in [0, 0.05) is 6.42 Å². The Hall–Kier alpha value is -2.15. The molecule has 26 heavy (non-hydrogen) atoms. The molecule has 0 amide bonds. The molecular weight excluding hydrogens is 354 g/mol. The Bertz CT molecular complexity index is 902. The summed E-state index contributed by atoms with van der Waals surface area (Å²) in [6.07, 6.45) is 4.51. The summed E-state index contributed by atoms with van der Waals surface area (Å²) in [7, 11) is 0. The number of ether oxygens (including phenoxy) is 2. The summed E-state index contributed by atoms with van der Waals surface area (Å²) >= 11 is 5.99. The van der Waals surface area contributed by atoms with E-state index in [0.29, 0.717) is 22.1 Å². The molecule has 1 fully saturated rings. The van der Waals surface area contributed by atoms with Gasteiger partial charge in [0.15, 0.2) is 11.9 Å². The molecule has 7 heteroatoms. The summed E-state index contributed by atoms with van der Waals surface area (Å²) in [5.74, 6) is 0.718. The van der Waals surface area contributed by atoms with Crippen LogP contribution in [0.4, 0.5) is 0 Å². The van der Waals surface area contributed by atoms with Crippen molar-refractivity contribution in [3.05, 3.63) is 59.0 Å². The molecule has 0 radical (unpaired) electrons. The van der Waals surface area contributed by atoms with Gasteiger partial charge in [-0.25, -0.2) is 9.50 Å². The monoisotopic (exact) mass is 373 g/mol. The fourth-order valence-electron chi connectivity index (χ4n) is 3.14. The molecule has 1 saturated heterocycles. The van der Waals surface area contributed by atoms with Gasteiger partial charge in [0.2, 0.25) is 0 Å². The Morgan fingerprint density at radius 3 is 2.77 bits per heavy atom. The second kappa shape index (κ2) is 6.87. The zero-order valence-electron chi connectivity index (χ0n) is 14.4. The molecule has 3 heterocycles. The van der Waals surface area contributed by atoms with E-state index in [1.165, 1.54) is 0 Å². The topological polar surface area (TPSA) is 68.9 Å². The van der Waals surface area contributed by atoms with E-state index >= 15 is 0 Å². The molecule has 1 aliphatic rings. The fourth-order valence-corrected chi connectivity index (χ4v) is 3.28. The molecule has 3 aromatic rings. The number of imidazole rings is 1. The molecule has 4 rings (SSSR count). The number of fused-ring (bicyclic) bond motifs is 1. The molecule has 0 spiro atoms. The van der Waals surface area contributed by atoms with Crippen LogP contribution in [0.1, 0.15) is 37.4 Å². The van der Waals surface area contributed by atoms with Crippen molar-refractivity contribution in [3.8, 4) is 5.75 Å². The first-order valence-corrected chi connectivity index (χ1v) is 9.04. The molecule has 1 N–H and O–H groups in total. The van der Waals surface area contributed by atoms with E-state index in [2.05, 4.69) is 10.1 Å². The van der Waals surface area contributed by atoms with Gasteiger partial charge in [0.25, 0.3) is 0 Å². The number of hydrogen-bond acceptors (Lipinski definition) is 5. The van der Waals surface area contributed by atoms with E-state index in [1.807, 2.05) is 24.3 Å². The number of aromatic nitrogens is 3. The smallest absolute Gasteiger partial charge is 0.199 e. The first-order chi connectivity index (χ1) is 12.5. The Morgan fingerprint density at radius 1 is 1.23 bits per heavy atom. The zero-order chi connectivity index (χ0) is 18.1. The van der Waals surface area contributed by atoms with Crippen LogP contribution in [0, 0.1) is 0 Å². The lowest BCUT2D eigenvalue weighted by Crippen LogP contribution is -2.26. The summed E-state index contributed by atoms with van der Waals surface area (Å²) in [6, 6.07) is 10.8. The first-order valence-electron chi connectivity index (χ1n) is 8.66. The summed E-state index contributed by atoms with van der Waals surface area (Å²) in [4.78, 5) is 4.29. The average molecular weight is 374 g/mol. The maximum Gasteiger partial charge on any atom is 0.199 e. The van der Waals surface area contributed by atoms with E-state index in [9.17, 15) is 5.11 Å². The second-order valence-corrected chi connectivity index (χ2v) is 6.97. The van der Waals surface area contributed by atoms with Crippen LogP contribution in [0.25, 0.3) is 5.65 Å². The number of aliphatic hydroxyl groups is 1. The first kappa shape index (κ1) is 17.3. The highest BCUT2D eigenvalue weighted by Crippen LogP contribution is 2.31. The highest BCUT2D eigenvalue weighted by atomic mass is 35.5. The van der Waals surface area contributed by atoms with Crippen molar-refractivity contribution in [2.24, 2.45) is 0 Å². The van der Waals surface area contributed by atoms with E-state index in [0.717, 1.165) is 31.6 Å². The van der Waals surface area contributed by atoms with Crippen LogP contribution in [0.15, 0.2) is 42.6 Å². The lowest BCUT2D eigenvalue weighted by molar-refractivity contribution is -0.105. The fraction of sp³-hybridized carbons (Fsp3) is 0.368. The van der Waals surface area contributed by atoms with Crippen LogP contribution in [0.5, 0.6) is 5.75 Å². The SMILES string of the molecule is CC(O)(c1ccc(OC2CCCCO2)cc1)c1cnc2ccc(Cl)nn12. The third-order valence-corrected chi connectivity index (χ3v) is 4.85. The van der Waals surface area contributed by atoms with Crippen LogP contribution < -0.4 is 4.74 Å².